The van der Waals surface area contributed by atoms with Crippen molar-refractivity contribution in [3.8, 4) is 0 Å². The largest absolute Gasteiger partial charge is 0.476 e. The molecular weight excluding hydrogens is 254 g/mol. The molecule has 1 heterocycles. The van der Waals surface area contributed by atoms with Crippen LogP contribution in [-0.2, 0) is 9.63 Å². The van der Waals surface area contributed by atoms with Crippen molar-refractivity contribution in [1.29, 1.82) is 0 Å². The molecule has 0 saturated heterocycles. The van der Waals surface area contributed by atoms with E-state index in [0.717, 1.165) is 25.7 Å². The van der Waals surface area contributed by atoms with Gasteiger partial charge in [-0.05, 0) is 32.6 Å². The maximum atomic E-state index is 11.1. The number of nitrogen functional groups attached to an aromatic ring is 1. The van der Waals surface area contributed by atoms with Gasteiger partial charge in [0.15, 0.2) is 5.13 Å². The third-order valence-electron chi connectivity index (χ3n) is 2.99. The van der Waals surface area contributed by atoms with Crippen LogP contribution in [0.3, 0.4) is 0 Å². The molecule has 98 valence electrons. The van der Waals surface area contributed by atoms with Crippen LogP contribution < -0.4 is 5.73 Å². The van der Waals surface area contributed by atoms with Crippen molar-refractivity contribution in [3.05, 3.63) is 11.1 Å². The molecule has 3 N–H and O–H groups in total. The Kier molecular flexibility index (Phi) is 3.51. The molecule has 1 aliphatic rings. The minimum absolute atomic E-state index is 0.198. The highest BCUT2D eigenvalue weighted by molar-refractivity contribution is 7.13. The van der Waals surface area contributed by atoms with Gasteiger partial charge < -0.3 is 15.7 Å². The van der Waals surface area contributed by atoms with Gasteiger partial charge in [-0.2, -0.15) is 0 Å². The number of rotatable bonds is 4. The fourth-order valence-electron chi connectivity index (χ4n) is 1.96. The van der Waals surface area contributed by atoms with Gasteiger partial charge >= 0.3 is 5.97 Å². The summed E-state index contributed by atoms with van der Waals surface area (Å²) >= 11 is 1.17. The number of aromatic nitrogens is 1. The molecular formula is C11H15N3O3S. The van der Waals surface area contributed by atoms with Crippen LogP contribution >= 0.6 is 11.3 Å². The number of carboxylic acids is 1. The lowest BCUT2D eigenvalue weighted by atomic mass is 10.1. The monoisotopic (exact) mass is 269 g/mol. The summed E-state index contributed by atoms with van der Waals surface area (Å²) in [6.07, 6.45) is 3.95. The van der Waals surface area contributed by atoms with Crippen LogP contribution in [0.1, 0.15) is 38.3 Å². The first-order valence-corrected chi connectivity index (χ1v) is 6.59. The number of hydrogen-bond donors (Lipinski definition) is 2. The minimum atomic E-state index is -1.16. The Balaban J connectivity index is 2.17. The standard InChI is InChI=1S/C11H15N3O3S/c1-11(4-2-3-5-11)17-14-8(9(15)16)7-6-18-10(12)13-7/h6H,2-5H2,1H3,(H2,12,13)(H,15,16)/b14-8-. The summed E-state index contributed by atoms with van der Waals surface area (Å²) in [5, 5.41) is 14.7. The lowest BCUT2D eigenvalue weighted by Crippen LogP contribution is -2.24. The second kappa shape index (κ2) is 4.93. The first kappa shape index (κ1) is 12.8. The molecule has 6 nitrogen and oxygen atoms in total. The average Bonchev–Trinajstić information content (AvgIpc) is 2.89. The van der Waals surface area contributed by atoms with Crippen LogP contribution in [0.15, 0.2) is 10.5 Å². The number of aliphatic carboxylic acids is 1. The van der Waals surface area contributed by atoms with Crippen LogP contribution in [0.2, 0.25) is 0 Å². The highest BCUT2D eigenvalue weighted by Crippen LogP contribution is 2.32. The quantitative estimate of drug-likeness (QED) is 0.642. The maximum Gasteiger partial charge on any atom is 0.360 e. The van der Waals surface area contributed by atoms with Crippen molar-refractivity contribution in [3.63, 3.8) is 0 Å². The molecule has 1 aromatic rings. The molecule has 1 saturated carbocycles. The van der Waals surface area contributed by atoms with Crippen molar-refractivity contribution in [2.45, 2.75) is 38.2 Å². The molecule has 18 heavy (non-hydrogen) atoms. The Morgan fingerprint density at radius 2 is 2.28 bits per heavy atom. The van der Waals surface area contributed by atoms with E-state index in [1.807, 2.05) is 6.92 Å². The lowest BCUT2D eigenvalue weighted by molar-refractivity contribution is -0.129. The normalized spacial score (nSPS) is 18.8. The number of thiazole rings is 1. The Morgan fingerprint density at radius 1 is 1.61 bits per heavy atom. The molecule has 0 aliphatic heterocycles. The van der Waals surface area contributed by atoms with Gasteiger partial charge in [-0.25, -0.2) is 9.78 Å². The molecule has 0 aromatic carbocycles. The number of carboxylic acid groups (broad SMARTS) is 1. The molecule has 0 atom stereocenters. The SMILES string of the molecule is CC1(O/N=C(\C(=O)O)c2csc(N)n2)CCCC1. The summed E-state index contributed by atoms with van der Waals surface area (Å²) in [5.74, 6) is -1.16. The summed E-state index contributed by atoms with van der Waals surface area (Å²) in [7, 11) is 0. The fraction of sp³-hybridized carbons (Fsp3) is 0.545. The maximum absolute atomic E-state index is 11.1. The summed E-state index contributed by atoms with van der Waals surface area (Å²) in [6, 6.07) is 0. The van der Waals surface area contributed by atoms with Crippen molar-refractivity contribution in [2.24, 2.45) is 5.16 Å². The van der Waals surface area contributed by atoms with Crippen LogP contribution in [0, 0.1) is 0 Å². The Bertz CT molecular complexity index is 478. The number of anilines is 1. The molecule has 1 aromatic heterocycles. The van der Waals surface area contributed by atoms with Crippen molar-refractivity contribution in [1.82, 2.24) is 4.98 Å². The van der Waals surface area contributed by atoms with Gasteiger partial charge in [-0.3, -0.25) is 0 Å². The van der Waals surface area contributed by atoms with E-state index in [2.05, 4.69) is 10.1 Å². The predicted molar refractivity (Wildman–Crippen MR) is 68.7 cm³/mol. The van der Waals surface area contributed by atoms with Crippen LogP contribution in [0.25, 0.3) is 0 Å². The minimum Gasteiger partial charge on any atom is -0.476 e. The van der Waals surface area contributed by atoms with E-state index in [1.165, 1.54) is 11.3 Å². The van der Waals surface area contributed by atoms with Crippen molar-refractivity contribution < 1.29 is 14.7 Å². The molecule has 0 unspecified atom stereocenters. The average molecular weight is 269 g/mol. The number of nitrogens with zero attached hydrogens (tertiary/aromatic N) is 2. The summed E-state index contributed by atoms with van der Waals surface area (Å²) in [4.78, 5) is 20.4. The molecule has 0 amide bonds. The fourth-order valence-corrected chi connectivity index (χ4v) is 2.51. The Morgan fingerprint density at radius 3 is 2.78 bits per heavy atom. The number of carbonyl (C=O) groups is 1. The highest BCUT2D eigenvalue weighted by Gasteiger charge is 2.31. The highest BCUT2D eigenvalue weighted by atomic mass is 32.1. The van der Waals surface area contributed by atoms with Crippen LogP contribution in [0.5, 0.6) is 0 Å². The first-order valence-electron chi connectivity index (χ1n) is 5.71. The van der Waals surface area contributed by atoms with Crippen molar-refractivity contribution >= 4 is 28.1 Å². The van der Waals surface area contributed by atoms with E-state index in [1.54, 1.807) is 5.38 Å². The molecule has 2 rings (SSSR count). The second-order valence-electron chi connectivity index (χ2n) is 4.56. The Labute approximate surface area is 108 Å². The lowest BCUT2D eigenvalue weighted by Gasteiger charge is -2.20. The van der Waals surface area contributed by atoms with E-state index in [4.69, 9.17) is 15.7 Å². The molecule has 1 fully saturated rings. The van der Waals surface area contributed by atoms with E-state index < -0.39 is 5.97 Å². The second-order valence-corrected chi connectivity index (χ2v) is 5.45. The topological polar surface area (TPSA) is 97.8 Å². The molecule has 7 heteroatoms. The first-order chi connectivity index (χ1) is 8.50. The number of hydrogen-bond acceptors (Lipinski definition) is 6. The van der Waals surface area contributed by atoms with Gasteiger partial charge in [0.1, 0.15) is 11.3 Å². The summed E-state index contributed by atoms with van der Waals surface area (Å²) in [5.41, 5.74) is 5.16. The zero-order chi connectivity index (χ0) is 13.2. The van der Waals surface area contributed by atoms with E-state index in [9.17, 15) is 4.79 Å². The third kappa shape index (κ3) is 2.79. The zero-order valence-electron chi connectivity index (χ0n) is 10.0. The summed E-state index contributed by atoms with van der Waals surface area (Å²) in [6.45, 7) is 1.94. The number of nitrogens with two attached hydrogens (primary N) is 1. The van der Waals surface area contributed by atoms with Gasteiger partial charge in [0.2, 0.25) is 5.71 Å². The van der Waals surface area contributed by atoms with Crippen molar-refractivity contribution in [2.75, 3.05) is 5.73 Å². The Hall–Kier alpha value is -1.63. The van der Waals surface area contributed by atoms with Crippen LogP contribution in [-0.4, -0.2) is 27.4 Å². The molecule has 0 bridgehead atoms. The van der Waals surface area contributed by atoms with E-state index in [-0.39, 0.29) is 17.0 Å². The van der Waals surface area contributed by atoms with Gasteiger partial charge in [-0.15, -0.1) is 11.3 Å². The van der Waals surface area contributed by atoms with Crippen LogP contribution in [0.4, 0.5) is 5.13 Å². The zero-order valence-corrected chi connectivity index (χ0v) is 10.9. The molecule has 1 aliphatic carbocycles. The van der Waals surface area contributed by atoms with E-state index in [0.29, 0.717) is 5.13 Å². The van der Waals surface area contributed by atoms with Gasteiger partial charge in [0, 0.05) is 5.38 Å². The van der Waals surface area contributed by atoms with Gasteiger partial charge in [0.05, 0.1) is 0 Å². The van der Waals surface area contributed by atoms with Gasteiger partial charge in [0.25, 0.3) is 0 Å². The molecule has 0 spiro atoms. The predicted octanol–water partition coefficient (Wildman–Crippen LogP) is 1.86. The smallest absolute Gasteiger partial charge is 0.360 e. The summed E-state index contributed by atoms with van der Waals surface area (Å²) < 4.78 is 0. The molecule has 0 radical (unpaired) electrons. The van der Waals surface area contributed by atoms with E-state index >= 15 is 0 Å². The third-order valence-corrected chi connectivity index (χ3v) is 3.66. The van der Waals surface area contributed by atoms with Gasteiger partial charge in [-0.1, -0.05) is 5.16 Å². The number of oxime groups is 1.